The number of carbonyl (C=O) groups excluding carboxylic acids is 1. The molecule has 1 aromatic rings. The molecule has 0 spiro atoms. The Morgan fingerprint density at radius 2 is 2.07 bits per heavy atom. The largest absolute Gasteiger partial charge is 0.383 e. The Bertz CT molecular complexity index is 323. The molecule has 7 heteroatoms. The molecule has 0 unspecified atom stereocenters. The molecule has 0 saturated heterocycles. The van der Waals surface area contributed by atoms with Crippen molar-refractivity contribution in [2.24, 2.45) is 0 Å². The van der Waals surface area contributed by atoms with Crippen LogP contribution in [-0.2, 0) is 4.79 Å². The van der Waals surface area contributed by atoms with E-state index in [9.17, 15) is 4.79 Å². The number of thioether (sulfide) groups is 1. The monoisotopic (exact) mass is 213 g/mol. The number of amides is 1. The third-order valence-electron chi connectivity index (χ3n) is 1.36. The summed E-state index contributed by atoms with van der Waals surface area (Å²) in [6.45, 7) is 0. The van der Waals surface area contributed by atoms with Crippen molar-refractivity contribution in [1.29, 1.82) is 0 Å². The Balaban J connectivity index is 2.63. The summed E-state index contributed by atoms with van der Waals surface area (Å²) in [7, 11) is 1.57. The van der Waals surface area contributed by atoms with Crippen LogP contribution >= 0.6 is 11.8 Å². The highest BCUT2D eigenvalue weighted by Crippen LogP contribution is 2.15. The average molecular weight is 213 g/mol. The van der Waals surface area contributed by atoms with Crippen LogP contribution in [0.1, 0.15) is 0 Å². The lowest BCUT2D eigenvalue weighted by Crippen LogP contribution is -2.20. The molecule has 0 saturated carbocycles. The Morgan fingerprint density at radius 3 is 2.57 bits per heavy atom. The number of nitrogens with two attached hydrogens (primary N) is 2. The lowest BCUT2D eigenvalue weighted by atomic mass is 10.5. The molecule has 0 bridgehead atoms. The maximum absolute atomic E-state index is 10.9. The first-order valence-corrected chi connectivity index (χ1v) is 4.84. The summed E-state index contributed by atoms with van der Waals surface area (Å²) >= 11 is 1.19. The summed E-state index contributed by atoms with van der Waals surface area (Å²) < 4.78 is 0. The van der Waals surface area contributed by atoms with Crippen LogP contribution in [0.15, 0.2) is 11.2 Å². The Hall–Kier alpha value is -1.50. The van der Waals surface area contributed by atoms with Crippen LogP contribution in [0.5, 0.6) is 0 Å². The minimum absolute atomic E-state index is 0.0976. The number of hydrogen-bond acceptors (Lipinski definition) is 6. The minimum Gasteiger partial charge on any atom is -0.383 e. The van der Waals surface area contributed by atoms with Gasteiger partial charge in [0.15, 0.2) is 5.16 Å². The van der Waals surface area contributed by atoms with Gasteiger partial charge in [-0.1, -0.05) is 11.8 Å². The highest BCUT2D eigenvalue weighted by molar-refractivity contribution is 7.99. The van der Waals surface area contributed by atoms with E-state index in [0.717, 1.165) is 0 Å². The third-order valence-corrected chi connectivity index (χ3v) is 2.20. The van der Waals surface area contributed by atoms with Crippen LogP contribution in [-0.4, -0.2) is 28.7 Å². The van der Waals surface area contributed by atoms with Crippen molar-refractivity contribution in [1.82, 2.24) is 15.3 Å². The summed E-state index contributed by atoms with van der Waals surface area (Å²) in [5.41, 5.74) is 10.9. The van der Waals surface area contributed by atoms with Crippen molar-refractivity contribution in [2.45, 2.75) is 5.16 Å². The van der Waals surface area contributed by atoms with Gasteiger partial charge in [-0.15, -0.1) is 0 Å². The second-order valence-electron chi connectivity index (χ2n) is 2.46. The van der Waals surface area contributed by atoms with E-state index in [-0.39, 0.29) is 11.7 Å². The summed E-state index contributed by atoms with van der Waals surface area (Å²) in [6.07, 6.45) is 0. The van der Waals surface area contributed by atoms with Crippen molar-refractivity contribution in [3.05, 3.63) is 6.07 Å². The van der Waals surface area contributed by atoms with Crippen LogP contribution in [0.2, 0.25) is 0 Å². The molecule has 0 aliphatic heterocycles. The number of nitrogens with one attached hydrogen (secondary N) is 1. The van der Waals surface area contributed by atoms with Gasteiger partial charge in [-0.25, -0.2) is 9.97 Å². The van der Waals surface area contributed by atoms with Gasteiger partial charge in [-0.2, -0.15) is 0 Å². The number of nitrogen functional groups attached to an aromatic ring is 2. The molecule has 76 valence electrons. The molecule has 0 aliphatic rings. The first kappa shape index (κ1) is 10.6. The normalized spacial score (nSPS) is 9.79. The van der Waals surface area contributed by atoms with E-state index in [1.54, 1.807) is 7.05 Å². The SMILES string of the molecule is CNC(=O)CSc1nc(N)cc(N)n1. The first-order chi connectivity index (χ1) is 6.61. The second kappa shape index (κ2) is 4.66. The van der Waals surface area contributed by atoms with E-state index in [1.807, 2.05) is 0 Å². The van der Waals surface area contributed by atoms with Gasteiger partial charge in [0.2, 0.25) is 5.91 Å². The van der Waals surface area contributed by atoms with Gasteiger partial charge >= 0.3 is 0 Å². The van der Waals surface area contributed by atoms with Crippen LogP contribution in [0.4, 0.5) is 11.6 Å². The Morgan fingerprint density at radius 1 is 1.50 bits per heavy atom. The Kier molecular flexibility index (Phi) is 3.52. The topological polar surface area (TPSA) is 107 Å². The van der Waals surface area contributed by atoms with Crippen LogP contribution in [0.25, 0.3) is 0 Å². The number of anilines is 2. The molecule has 0 atom stereocenters. The van der Waals surface area contributed by atoms with Crippen molar-refractivity contribution in [3.8, 4) is 0 Å². The summed E-state index contributed by atoms with van der Waals surface area (Å²) in [5, 5.41) is 2.90. The lowest BCUT2D eigenvalue weighted by molar-refractivity contribution is -0.118. The molecule has 14 heavy (non-hydrogen) atoms. The van der Waals surface area contributed by atoms with Crippen molar-refractivity contribution < 1.29 is 4.79 Å². The Labute approximate surface area is 85.5 Å². The van der Waals surface area contributed by atoms with Gasteiger partial charge in [-0.05, 0) is 0 Å². The molecule has 0 fully saturated rings. The first-order valence-electron chi connectivity index (χ1n) is 3.85. The molecule has 0 aromatic carbocycles. The van der Waals surface area contributed by atoms with Gasteiger partial charge in [-0.3, -0.25) is 4.79 Å². The smallest absolute Gasteiger partial charge is 0.230 e. The van der Waals surface area contributed by atoms with Crippen molar-refractivity contribution in [2.75, 3.05) is 24.3 Å². The third kappa shape index (κ3) is 3.09. The molecule has 1 heterocycles. The average Bonchev–Trinajstić information content (AvgIpc) is 2.12. The zero-order valence-electron chi connectivity index (χ0n) is 7.65. The molecule has 6 nitrogen and oxygen atoms in total. The van der Waals surface area contributed by atoms with E-state index < -0.39 is 0 Å². The zero-order chi connectivity index (χ0) is 10.6. The molecule has 5 N–H and O–H groups in total. The van der Waals surface area contributed by atoms with E-state index in [1.165, 1.54) is 17.8 Å². The second-order valence-corrected chi connectivity index (χ2v) is 3.40. The number of rotatable bonds is 3. The minimum atomic E-state index is -0.0976. The fourth-order valence-electron chi connectivity index (χ4n) is 0.729. The number of aromatic nitrogens is 2. The highest BCUT2D eigenvalue weighted by atomic mass is 32.2. The number of carbonyl (C=O) groups is 1. The molecule has 1 aromatic heterocycles. The molecular formula is C7H11N5OS. The number of hydrogen-bond donors (Lipinski definition) is 3. The number of nitrogens with zero attached hydrogens (tertiary/aromatic N) is 2. The van der Waals surface area contributed by atoms with E-state index in [0.29, 0.717) is 16.8 Å². The predicted octanol–water partition coefficient (Wildman–Crippen LogP) is -0.521. The van der Waals surface area contributed by atoms with Gasteiger partial charge in [0.25, 0.3) is 0 Å². The molecule has 0 aliphatic carbocycles. The molecular weight excluding hydrogens is 202 g/mol. The summed E-state index contributed by atoms with van der Waals surface area (Å²) in [4.78, 5) is 18.7. The fourth-order valence-corrected chi connectivity index (χ4v) is 1.47. The van der Waals surface area contributed by atoms with Crippen LogP contribution < -0.4 is 16.8 Å². The zero-order valence-corrected chi connectivity index (χ0v) is 8.47. The highest BCUT2D eigenvalue weighted by Gasteiger charge is 2.04. The van der Waals surface area contributed by atoms with Gasteiger partial charge in [0.1, 0.15) is 11.6 Å². The predicted molar refractivity (Wildman–Crippen MR) is 55.6 cm³/mol. The van der Waals surface area contributed by atoms with Crippen molar-refractivity contribution in [3.63, 3.8) is 0 Å². The molecule has 1 amide bonds. The molecule has 0 radical (unpaired) electrons. The lowest BCUT2D eigenvalue weighted by Gasteiger charge is -2.01. The van der Waals surface area contributed by atoms with Gasteiger partial charge in [0.05, 0.1) is 5.75 Å². The molecule has 1 rings (SSSR count). The van der Waals surface area contributed by atoms with E-state index in [4.69, 9.17) is 11.5 Å². The van der Waals surface area contributed by atoms with Crippen LogP contribution in [0.3, 0.4) is 0 Å². The maximum Gasteiger partial charge on any atom is 0.230 e. The van der Waals surface area contributed by atoms with Gasteiger partial charge < -0.3 is 16.8 Å². The van der Waals surface area contributed by atoms with Crippen molar-refractivity contribution >= 4 is 29.3 Å². The fraction of sp³-hybridized carbons (Fsp3) is 0.286. The standard InChI is InChI=1S/C7H11N5OS/c1-10-6(13)3-14-7-11-4(8)2-5(9)12-7/h2H,3H2,1H3,(H,10,13)(H4,8,9,11,12). The quantitative estimate of drug-likeness (QED) is 0.460. The summed E-state index contributed by atoms with van der Waals surface area (Å²) in [5.74, 6) is 0.757. The summed E-state index contributed by atoms with van der Waals surface area (Å²) in [6, 6.07) is 1.46. The van der Waals surface area contributed by atoms with Crippen LogP contribution in [0, 0.1) is 0 Å². The van der Waals surface area contributed by atoms with E-state index in [2.05, 4.69) is 15.3 Å². The van der Waals surface area contributed by atoms with E-state index >= 15 is 0 Å². The van der Waals surface area contributed by atoms with Gasteiger partial charge in [0, 0.05) is 13.1 Å². The maximum atomic E-state index is 10.9.